The van der Waals surface area contributed by atoms with Gasteiger partial charge in [0.05, 0.1) is 18.0 Å². The number of methoxy groups -OCH3 is 1. The monoisotopic (exact) mass is 292 g/mol. The van der Waals surface area contributed by atoms with E-state index in [4.69, 9.17) is 4.74 Å². The highest BCUT2D eigenvalue weighted by atomic mass is 16.6. The van der Waals surface area contributed by atoms with E-state index < -0.39 is 4.92 Å². The molecule has 0 aromatic heterocycles. The normalized spacial score (nSPS) is 21.6. The number of nitrogens with one attached hydrogen (secondary N) is 1. The third-order valence-corrected chi connectivity index (χ3v) is 4.04. The number of nitro groups is 1. The molecule has 0 radical (unpaired) electrons. The summed E-state index contributed by atoms with van der Waals surface area (Å²) in [6.45, 7) is 1.86. The lowest BCUT2D eigenvalue weighted by atomic mass is 9.86. The Morgan fingerprint density at radius 1 is 1.33 bits per heavy atom. The molecule has 1 aliphatic rings. The summed E-state index contributed by atoms with van der Waals surface area (Å²) < 4.78 is 4.77. The van der Waals surface area contributed by atoms with Crippen molar-refractivity contribution in [2.45, 2.75) is 38.6 Å². The summed E-state index contributed by atoms with van der Waals surface area (Å²) in [6.07, 6.45) is 3.43. The summed E-state index contributed by atoms with van der Waals surface area (Å²) >= 11 is 0. The van der Waals surface area contributed by atoms with Crippen molar-refractivity contribution in [3.63, 3.8) is 0 Å². The van der Waals surface area contributed by atoms with Crippen molar-refractivity contribution in [2.24, 2.45) is 5.92 Å². The molecule has 0 spiro atoms. The number of non-ortho nitro benzene ring substituents is 1. The van der Waals surface area contributed by atoms with Crippen LogP contribution in [0.5, 0.6) is 0 Å². The standard InChI is InChI=1S/C15H20N2O4/c1-10-9-13(17(19)20)7-8-14(10)16-12-5-3-11(4-6-12)15(18)21-2/h7-9,11-12,16H,3-6H2,1-2H3. The SMILES string of the molecule is COC(=O)C1CCC(Nc2ccc([N+](=O)[O-])cc2C)CC1. The van der Waals surface area contributed by atoms with Crippen molar-refractivity contribution in [3.8, 4) is 0 Å². The fourth-order valence-electron chi connectivity index (χ4n) is 2.78. The lowest BCUT2D eigenvalue weighted by molar-refractivity contribution is -0.384. The highest BCUT2D eigenvalue weighted by Crippen LogP contribution is 2.29. The molecule has 0 bridgehead atoms. The van der Waals surface area contributed by atoms with Gasteiger partial charge in [-0.15, -0.1) is 0 Å². The van der Waals surface area contributed by atoms with Crippen molar-refractivity contribution in [2.75, 3.05) is 12.4 Å². The highest BCUT2D eigenvalue weighted by Gasteiger charge is 2.27. The van der Waals surface area contributed by atoms with Crippen LogP contribution in [0.2, 0.25) is 0 Å². The first-order chi connectivity index (χ1) is 10.0. The van der Waals surface area contributed by atoms with E-state index >= 15 is 0 Å². The number of carbonyl (C=O) groups is 1. The second-order valence-electron chi connectivity index (χ2n) is 5.47. The second kappa shape index (κ2) is 6.56. The van der Waals surface area contributed by atoms with Crippen molar-refractivity contribution in [1.29, 1.82) is 0 Å². The average molecular weight is 292 g/mol. The predicted molar refractivity (Wildman–Crippen MR) is 79.2 cm³/mol. The quantitative estimate of drug-likeness (QED) is 0.524. The molecule has 1 N–H and O–H groups in total. The number of nitro benzene ring substituents is 1. The van der Waals surface area contributed by atoms with Gasteiger partial charge in [0.25, 0.3) is 5.69 Å². The van der Waals surface area contributed by atoms with Gasteiger partial charge in [-0.1, -0.05) is 0 Å². The van der Waals surface area contributed by atoms with Crippen molar-refractivity contribution in [3.05, 3.63) is 33.9 Å². The van der Waals surface area contributed by atoms with Gasteiger partial charge >= 0.3 is 5.97 Å². The Morgan fingerprint density at radius 2 is 2.00 bits per heavy atom. The molecule has 1 aromatic carbocycles. The molecule has 114 valence electrons. The highest BCUT2D eigenvalue weighted by molar-refractivity contribution is 5.72. The first kappa shape index (κ1) is 15.3. The zero-order chi connectivity index (χ0) is 15.4. The Morgan fingerprint density at radius 3 is 2.52 bits per heavy atom. The lowest BCUT2D eigenvalue weighted by Gasteiger charge is -2.28. The van der Waals surface area contributed by atoms with Crippen LogP contribution < -0.4 is 5.32 Å². The van der Waals surface area contributed by atoms with Crippen LogP contribution in [0.25, 0.3) is 0 Å². The molecular formula is C15H20N2O4. The molecule has 1 aromatic rings. The van der Waals surface area contributed by atoms with E-state index in [-0.39, 0.29) is 17.6 Å². The molecule has 2 rings (SSSR count). The molecule has 6 nitrogen and oxygen atoms in total. The zero-order valence-corrected chi connectivity index (χ0v) is 12.3. The number of hydrogen-bond acceptors (Lipinski definition) is 5. The summed E-state index contributed by atoms with van der Waals surface area (Å²) in [5.41, 5.74) is 1.88. The fraction of sp³-hybridized carbons (Fsp3) is 0.533. The van der Waals surface area contributed by atoms with E-state index in [0.717, 1.165) is 36.9 Å². The molecule has 0 aliphatic heterocycles. The summed E-state index contributed by atoms with van der Waals surface area (Å²) in [5, 5.41) is 14.1. The average Bonchev–Trinajstić information content (AvgIpc) is 2.49. The van der Waals surface area contributed by atoms with E-state index in [1.807, 2.05) is 6.92 Å². The molecule has 0 amide bonds. The molecular weight excluding hydrogens is 272 g/mol. The minimum absolute atomic E-state index is 0.00556. The molecule has 0 unspecified atom stereocenters. The van der Waals surface area contributed by atoms with Crippen LogP contribution in [-0.4, -0.2) is 24.0 Å². The number of anilines is 1. The summed E-state index contributed by atoms with van der Waals surface area (Å²) in [4.78, 5) is 21.8. The first-order valence-corrected chi connectivity index (χ1v) is 7.10. The summed E-state index contributed by atoms with van der Waals surface area (Å²) in [7, 11) is 1.42. The van der Waals surface area contributed by atoms with Crippen molar-refractivity contribution >= 4 is 17.3 Å². The maximum absolute atomic E-state index is 11.5. The van der Waals surface area contributed by atoms with Crippen LogP contribution in [0.15, 0.2) is 18.2 Å². The van der Waals surface area contributed by atoms with Crippen LogP contribution in [0.4, 0.5) is 11.4 Å². The Balaban J connectivity index is 1.95. The number of rotatable bonds is 4. The van der Waals surface area contributed by atoms with Crippen LogP contribution >= 0.6 is 0 Å². The Bertz CT molecular complexity index is 536. The Labute approximate surface area is 123 Å². The number of benzene rings is 1. The van der Waals surface area contributed by atoms with Gasteiger partial charge in [0.2, 0.25) is 0 Å². The van der Waals surface area contributed by atoms with Gasteiger partial charge in [-0.3, -0.25) is 14.9 Å². The smallest absolute Gasteiger partial charge is 0.308 e. The number of esters is 1. The lowest BCUT2D eigenvalue weighted by Crippen LogP contribution is -2.30. The molecule has 0 heterocycles. The van der Waals surface area contributed by atoms with E-state index in [9.17, 15) is 14.9 Å². The molecule has 1 aliphatic carbocycles. The van der Waals surface area contributed by atoms with Gasteiger partial charge in [-0.25, -0.2) is 0 Å². The predicted octanol–water partition coefficient (Wildman–Crippen LogP) is 3.05. The third-order valence-electron chi connectivity index (χ3n) is 4.04. The Hall–Kier alpha value is -2.11. The minimum Gasteiger partial charge on any atom is -0.469 e. The van der Waals surface area contributed by atoms with Crippen LogP contribution in [-0.2, 0) is 9.53 Å². The largest absolute Gasteiger partial charge is 0.469 e. The number of nitrogens with zero attached hydrogens (tertiary/aromatic N) is 1. The first-order valence-electron chi connectivity index (χ1n) is 7.10. The zero-order valence-electron chi connectivity index (χ0n) is 12.3. The number of ether oxygens (including phenoxy) is 1. The van der Waals surface area contributed by atoms with E-state index in [0.29, 0.717) is 6.04 Å². The number of carbonyl (C=O) groups excluding carboxylic acids is 1. The van der Waals surface area contributed by atoms with Crippen LogP contribution in [0.3, 0.4) is 0 Å². The van der Waals surface area contributed by atoms with Crippen molar-refractivity contribution < 1.29 is 14.5 Å². The number of aryl methyl sites for hydroxylation is 1. The van der Waals surface area contributed by atoms with E-state index in [1.54, 1.807) is 12.1 Å². The van der Waals surface area contributed by atoms with Crippen LogP contribution in [0, 0.1) is 23.0 Å². The van der Waals surface area contributed by atoms with Gasteiger partial charge in [-0.2, -0.15) is 0 Å². The summed E-state index contributed by atoms with van der Waals surface area (Å²) in [5.74, 6) is -0.119. The van der Waals surface area contributed by atoms with Gasteiger partial charge in [0.15, 0.2) is 0 Å². The van der Waals surface area contributed by atoms with E-state index in [2.05, 4.69) is 5.32 Å². The van der Waals surface area contributed by atoms with Gasteiger partial charge in [0.1, 0.15) is 0 Å². The van der Waals surface area contributed by atoms with Gasteiger partial charge in [-0.05, 0) is 44.2 Å². The maximum atomic E-state index is 11.5. The van der Waals surface area contributed by atoms with E-state index in [1.165, 1.54) is 13.2 Å². The molecule has 6 heteroatoms. The molecule has 1 fully saturated rings. The molecule has 21 heavy (non-hydrogen) atoms. The Kier molecular flexibility index (Phi) is 4.77. The van der Waals surface area contributed by atoms with Crippen molar-refractivity contribution in [1.82, 2.24) is 0 Å². The molecule has 1 saturated carbocycles. The van der Waals surface area contributed by atoms with Crippen LogP contribution in [0.1, 0.15) is 31.2 Å². The summed E-state index contributed by atoms with van der Waals surface area (Å²) in [6, 6.07) is 5.13. The maximum Gasteiger partial charge on any atom is 0.308 e. The molecule has 0 saturated heterocycles. The second-order valence-corrected chi connectivity index (χ2v) is 5.47. The van der Waals surface area contributed by atoms with Gasteiger partial charge in [0, 0.05) is 23.9 Å². The molecule has 0 atom stereocenters. The topological polar surface area (TPSA) is 81.5 Å². The minimum atomic E-state index is -0.391. The van der Waals surface area contributed by atoms with Gasteiger partial charge < -0.3 is 10.1 Å². The number of hydrogen-bond donors (Lipinski definition) is 1. The fourth-order valence-corrected chi connectivity index (χ4v) is 2.78. The third kappa shape index (κ3) is 3.71.